The van der Waals surface area contributed by atoms with Crippen LogP contribution < -0.4 is 4.74 Å². The third-order valence-corrected chi connectivity index (χ3v) is 4.24. The van der Waals surface area contributed by atoms with Gasteiger partial charge in [-0.25, -0.2) is 0 Å². The van der Waals surface area contributed by atoms with E-state index in [0.717, 1.165) is 33.6 Å². The lowest BCUT2D eigenvalue weighted by molar-refractivity contribution is 0.105. The molecule has 0 spiro atoms. The van der Waals surface area contributed by atoms with Crippen LogP contribution in [0.15, 0.2) is 66.7 Å². The van der Waals surface area contributed by atoms with Crippen LogP contribution in [-0.2, 0) is 0 Å². The quantitative estimate of drug-likeness (QED) is 0.483. The molecule has 0 aliphatic rings. The minimum atomic E-state index is -0.185. The zero-order valence-corrected chi connectivity index (χ0v) is 15.2. The van der Waals surface area contributed by atoms with Gasteiger partial charge in [-0.1, -0.05) is 42.3 Å². The number of benzene rings is 3. The summed E-state index contributed by atoms with van der Waals surface area (Å²) in [5, 5.41) is 0. The summed E-state index contributed by atoms with van der Waals surface area (Å²) in [7, 11) is 1.67. The molecule has 3 aromatic rings. The molecule has 0 fully saturated rings. The second-order valence-corrected chi connectivity index (χ2v) is 6.13. The van der Waals surface area contributed by atoms with Crippen molar-refractivity contribution in [3.8, 4) is 28.7 Å². The van der Waals surface area contributed by atoms with Crippen LogP contribution in [0.5, 0.6) is 5.75 Å². The summed E-state index contributed by atoms with van der Waals surface area (Å²) >= 11 is 0. The normalized spacial score (nSPS) is 9.96. The van der Waals surface area contributed by atoms with Gasteiger partial charge in [-0.3, -0.25) is 4.79 Å². The summed E-state index contributed by atoms with van der Waals surface area (Å²) in [6.07, 6.45) is 0. The van der Waals surface area contributed by atoms with Crippen molar-refractivity contribution in [2.24, 2.45) is 0 Å². The van der Waals surface area contributed by atoms with Gasteiger partial charge in [0.05, 0.1) is 7.11 Å². The fourth-order valence-corrected chi connectivity index (χ4v) is 3.08. The Bertz CT molecular complexity index is 982. The maximum Gasteiger partial charge on any atom is 0.236 e. The Morgan fingerprint density at radius 1 is 0.885 bits per heavy atom. The number of hydrogen-bond acceptors (Lipinski definition) is 2. The molecule has 0 unspecified atom stereocenters. The van der Waals surface area contributed by atoms with Crippen LogP contribution in [0.2, 0.25) is 0 Å². The number of methoxy groups -OCH3 is 1. The predicted octanol–water partition coefficient (Wildman–Crippen LogP) is 5.21. The number of carbonyl (C=O) groups is 1. The average molecular weight is 340 g/mol. The van der Waals surface area contributed by atoms with E-state index in [1.54, 1.807) is 7.11 Å². The van der Waals surface area contributed by atoms with Crippen LogP contribution in [0.25, 0.3) is 11.1 Å². The molecular formula is C24H20O2. The Hall–Kier alpha value is -3.31. The van der Waals surface area contributed by atoms with Gasteiger partial charge < -0.3 is 4.74 Å². The second-order valence-electron chi connectivity index (χ2n) is 6.13. The summed E-state index contributed by atoms with van der Waals surface area (Å²) in [6.45, 7) is 4.02. The largest absolute Gasteiger partial charge is 0.496 e. The zero-order chi connectivity index (χ0) is 18.5. The van der Waals surface area contributed by atoms with Crippen LogP contribution in [0.1, 0.15) is 27.0 Å². The molecule has 0 N–H and O–H groups in total. The van der Waals surface area contributed by atoms with Crippen molar-refractivity contribution in [1.82, 2.24) is 0 Å². The van der Waals surface area contributed by atoms with E-state index in [1.807, 2.05) is 80.6 Å². The summed E-state index contributed by atoms with van der Waals surface area (Å²) in [4.78, 5) is 12.7. The van der Waals surface area contributed by atoms with Gasteiger partial charge in [-0.2, -0.15) is 0 Å². The van der Waals surface area contributed by atoms with Gasteiger partial charge in [0.25, 0.3) is 0 Å². The number of rotatable bonds is 3. The Morgan fingerprint density at radius 3 is 2.15 bits per heavy atom. The van der Waals surface area contributed by atoms with Crippen molar-refractivity contribution in [1.29, 1.82) is 0 Å². The second kappa shape index (κ2) is 7.72. The maximum absolute atomic E-state index is 12.7. The lowest BCUT2D eigenvalue weighted by Gasteiger charge is -2.13. The predicted molar refractivity (Wildman–Crippen MR) is 106 cm³/mol. The lowest BCUT2D eigenvalue weighted by atomic mass is 9.94. The Kier molecular flexibility index (Phi) is 5.20. The van der Waals surface area contributed by atoms with E-state index in [-0.39, 0.29) is 5.78 Å². The monoisotopic (exact) mass is 340 g/mol. The van der Waals surface area contributed by atoms with Crippen LogP contribution in [-0.4, -0.2) is 12.9 Å². The molecule has 2 heteroatoms. The summed E-state index contributed by atoms with van der Waals surface area (Å²) in [5.74, 6) is 6.40. The molecule has 0 amide bonds. The van der Waals surface area contributed by atoms with E-state index in [0.29, 0.717) is 5.56 Å². The van der Waals surface area contributed by atoms with E-state index in [9.17, 15) is 4.79 Å². The molecule has 0 radical (unpaired) electrons. The number of ether oxygens (including phenoxy) is 1. The van der Waals surface area contributed by atoms with Gasteiger partial charge in [-0.15, -0.1) is 0 Å². The smallest absolute Gasteiger partial charge is 0.236 e. The fraction of sp³-hybridized carbons (Fsp3) is 0.125. The highest BCUT2D eigenvalue weighted by Crippen LogP contribution is 2.31. The number of hydrogen-bond donors (Lipinski definition) is 0. The number of aryl methyl sites for hydroxylation is 2. The van der Waals surface area contributed by atoms with E-state index < -0.39 is 0 Å². The third kappa shape index (κ3) is 3.68. The van der Waals surface area contributed by atoms with Crippen molar-refractivity contribution < 1.29 is 9.53 Å². The summed E-state index contributed by atoms with van der Waals surface area (Å²) in [5.41, 5.74) is 5.40. The highest BCUT2D eigenvalue weighted by Gasteiger charge is 2.13. The first-order valence-corrected chi connectivity index (χ1v) is 8.46. The highest BCUT2D eigenvalue weighted by atomic mass is 16.5. The molecule has 0 aromatic heterocycles. The number of carbonyl (C=O) groups excluding carboxylic acids is 1. The first-order chi connectivity index (χ1) is 12.6. The van der Waals surface area contributed by atoms with E-state index >= 15 is 0 Å². The van der Waals surface area contributed by atoms with Crippen LogP contribution in [0.4, 0.5) is 0 Å². The molecule has 0 bridgehead atoms. The number of ketones is 1. The molecule has 0 aliphatic heterocycles. The van der Waals surface area contributed by atoms with Crippen molar-refractivity contribution >= 4 is 5.78 Å². The van der Waals surface area contributed by atoms with Crippen molar-refractivity contribution in [3.05, 3.63) is 89.0 Å². The molecule has 3 rings (SSSR count). The van der Waals surface area contributed by atoms with Gasteiger partial charge in [0.1, 0.15) is 5.75 Å². The molecule has 0 aliphatic carbocycles. The first kappa shape index (κ1) is 17.5. The van der Waals surface area contributed by atoms with Crippen molar-refractivity contribution in [2.45, 2.75) is 13.8 Å². The SMILES string of the molecule is COc1c(C)cc(-c2ccccc2C(=O)C#Cc2ccccc2)cc1C. The molecular weight excluding hydrogens is 320 g/mol. The molecule has 2 nitrogen and oxygen atoms in total. The third-order valence-electron chi connectivity index (χ3n) is 4.24. The minimum absolute atomic E-state index is 0.185. The van der Waals surface area contributed by atoms with Gasteiger partial charge in [0.2, 0.25) is 5.78 Å². The van der Waals surface area contributed by atoms with Crippen LogP contribution in [0, 0.1) is 25.7 Å². The van der Waals surface area contributed by atoms with E-state index in [2.05, 4.69) is 11.8 Å². The van der Waals surface area contributed by atoms with Gasteiger partial charge in [0, 0.05) is 11.1 Å². The van der Waals surface area contributed by atoms with E-state index in [1.165, 1.54) is 0 Å². The van der Waals surface area contributed by atoms with Crippen LogP contribution in [0.3, 0.4) is 0 Å². The minimum Gasteiger partial charge on any atom is -0.496 e. The molecule has 128 valence electrons. The lowest BCUT2D eigenvalue weighted by Crippen LogP contribution is -1.99. The first-order valence-electron chi connectivity index (χ1n) is 8.46. The highest BCUT2D eigenvalue weighted by molar-refractivity contribution is 6.13. The molecule has 3 aromatic carbocycles. The Balaban J connectivity index is 2.02. The maximum atomic E-state index is 12.7. The fourth-order valence-electron chi connectivity index (χ4n) is 3.08. The molecule has 0 saturated carbocycles. The van der Waals surface area contributed by atoms with E-state index in [4.69, 9.17) is 4.74 Å². The topological polar surface area (TPSA) is 26.3 Å². The van der Waals surface area contributed by atoms with Crippen LogP contribution >= 0.6 is 0 Å². The average Bonchev–Trinajstić information content (AvgIpc) is 2.66. The Labute approximate surface area is 154 Å². The van der Waals surface area contributed by atoms with Crippen molar-refractivity contribution in [2.75, 3.05) is 7.11 Å². The molecule has 0 atom stereocenters. The van der Waals surface area contributed by atoms with Crippen molar-refractivity contribution in [3.63, 3.8) is 0 Å². The number of Topliss-reactive ketones (excluding diaryl/α,β-unsaturated/α-hetero) is 1. The van der Waals surface area contributed by atoms with Gasteiger partial charge >= 0.3 is 0 Å². The Morgan fingerprint density at radius 2 is 1.50 bits per heavy atom. The standard InChI is InChI=1S/C24H20O2/c1-17-15-20(16-18(2)24(17)26-3)21-11-7-8-12-22(21)23(25)14-13-19-9-5-4-6-10-19/h4-12,15-16H,1-3H3. The molecule has 0 saturated heterocycles. The molecule has 0 heterocycles. The zero-order valence-electron chi connectivity index (χ0n) is 15.2. The summed E-state index contributed by atoms with van der Waals surface area (Å²) in [6, 6.07) is 21.2. The van der Waals surface area contributed by atoms with Gasteiger partial charge in [0.15, 0.2) is 0 Å². The van der Waals surface area contributed by atoms with Gasteiger partial charge in [-0.05, 0) is 72.4 Å². The summed E-state index contributed by atoms with van der Waals surface area (Å²) < 4.78 is 5.44. The molecule has 26 heavy (non-hydrogen) atoms.